The maximum absolute atomic E-state index is 13.4. The first kappa shape index (κ1) is 96.3. The average molecular weight is 1450 g/mol. The van der Waals surface area contributed by atoms with Crippen molar-refractivity contribution in [2.45, 2.75) is 498 Å². The maximum Gasteiger partial charge on any atom is 0.220 e. The lowest BCUT2D eigenvalue weighted by Crippen LogP contribution is -2.65. The van der Waals surface area contributed by atoms with Crippen molar-refractivity contribution in [2.75, 3.05) is 19.8 Å². The SMILES string of the molecule is CCCCCCC/C=C\C/C=C\C/C=C\CCCCCCCCCCCCCCCCCCCCCCCCCCC(=O)NC(COC1OC(CO)C(OC2OC(CO)C(O)C(O)C2O)C(O)C1O)C(O)CCCCCCCCCCCCCCCCCCCCCCCCCCCCCCC. The first-order chi connectivity index (χ1) is 50.1. The Balaban J connectivity index is 1.55. The molecule has 0 radical (unpaired) electrons. The van der Waals surface area contributed by atoms with Crippen molar-refractivity contribution in [2.24, 2.45) is 0 Å². The monoisotopic (exact) mass is 1450 g/mol. The summed E-state index contributed by atoms with van der Waals surface area (Å²) in [5, 5.41) is 88.0. The molecule has 2 aliphatic rings. The Bertz CT molecular complexity index is 1850. The Morgan fingerprint density at radius 2 is 0.647 bits per heavy atom. The smallest absolute Gasteiger partial charge is 0.220 e. The second kappa shape index (κ2) is 72.1. The Hall–Kier alpha value is -1.79. The minimum Gasteiger partial charge on any atom is -0.394 e. The number of unbranched alkanes of at least 4 members (excludes halogenated alkanes) is 57. The predicted octanol–water partition coefficient (Wildman–Crippen LogP) is 21.1. The minimum absolute atomic E-state index is 0.196. The molecular formula is C88H167NO13. The van der Waals surface area contributed by atoms with Gasteiger partial charge in [0.1, 0.15) is 48.8 Å². The molecule has 0 spiro atoms. The van der Waals surface area contributed by atoms with Gasteiger partial charge >= 0.3 is 0 Å². The summed E-state index contributed by atoms with van der Waals surface area (Å²) in [7, 11) is 0. The van der Waals surface area contributed by atoms with Crippen LogP contribution in [-0.2, 0) is 23.7 Å². The van der Waals surface area contributed by atoms with Crippen molar-refractivity contribution >= 4 is 5.91 Å². The van der Waals surface area contributed by atoms with Crippen LogP contribution in [0, 0.1) is 0 Å². The largest absolute Gasteiger partial charge is 0.394 e. The molecule has 1 amide bonds. The second-order valence-corrected chi connectivity index (χ2v) is 31.4. The summed E-state index contributed by atoms with van der Waals surface area (Å²) in [6.07, 6.45) is 79.3. The summed E-state index contributed by atoms with van der Waals surface area (Å²) in [6, 6.07) is -0.829. The van der Waals surface area contributed by atoms with Gasteiger partial charge < -0.3 is 65.1 Å². The Morgan fingerprint density at radius 1 is 0.353 bits per heavy atom. The quantitative estimate of drug-likeness (QED) is 0.0204. The van der Waals surface area contributed by atoms with Crippen LogP contribution in [0.2, 0.25) is 0 Å². The van der Waals surface area contributed by atoms with Crippen molar-refractivity contribution < 1.29 is 64.6 Å². The van der Waals surface area contributed by atoms with Crippen LogP contribution in [0.4, 0.5) is 0 Å². The van der Waals surface area contributed by atoms with Crippen molar-refractivity contribution in [3.8, 4) is 0 Å². The summed E-state index contributed by atoms with van der Waals surface area (Å²) in [5.74, 6) is -0.196. The van der Waals surface area contributed by atoms with Crippen molar-refractivity contribution in [3.63, 3.8) is 0 Å². The molecule has 0 aromatic carbocycles. The Morgan fingerprint density at radius 3 is 0.990 bits per heavy atom. The van der Waals surface area contributed by atoms with Crippen LogP contribution >= 0.6 is 0 Å². The number of aliphatic hydroxyl groups excluding tert-OH is 8. The number of nitrogens with one attached hydrogen (secondary N) is 1. The van der Waals surface area contributed by atoms with Crippen LogP contribution in [0.3, 0.4) is 0 Å². The summed E-state index contributed by atoms with van der Waals surface area (Å²) < 4.78 is 23.0. The van der Waals surface area contributed by atoms with Gasteiger partial charge in [0.05, 0.1) is 32.0 Å². The van der Waals surface area contributed by atoms with Gasteiger partial charge in [0.25, 0.3) is 0 Å². The molecule has 602 valence electrons. The number of ether oxygens (including phenoxy) is 4. The number of hydrogen-bond donors (Lipinski definition) is 9. The fraction of sp³-hybridized carbons (Fsp3) is 0.920. The first-order valence-electron chi connectivity index (χ1n) is 44.2. The highest BCUT2D eigenvalue weighted by Crippen LogP contribution is 2.31. The van der Waals surface area contributed by atoms with Gasteiger partial charge in [0, 0.05) is 6.42 Å². The molecule has 9 N–H and O–H groups in total. The van der Waals surface area contributed by atoms with Crippen LogP contribution in [0.5, 0.6) is 0 Å². The van der Waals surface area contributed by atoms with E-state index in [9.17, 15) is 45.6 Å². The van der Waals surface area contributed by atoms with Gasteiger partial charge in [-0.1, -0.05) is 403 Å². The lowest BCUT2D eigenvalue weighted by molar-refractivity contribution is -0.359. The molecule has 2 saturated heterocycles. The van der Waals surface area contributed by atoms with E-state index in [-0.39, 0.29) is 12.5 Å². The zero-order chi connectivity index (χ0) is 73.7. The van der Waals surface area contributed by atoms with Crippen molar-refractivity contribution in [1.82, 2.24) is 5.32 Å². The molecule has 2 fully saturated rings. The van der Waals surface area contributed by atoms with E-state index in [1.807, 2.05) is 0 Å². The topological polar surface area (TPSA) is 228 Å². The van der Waals surface area contributed by atoms with Crippen LogP contribution < -0.4 is 5.32 Å². The van der Waals surface area contributed by atoms with Crippen LogP contribution in [0.15, 0.2) is 36.5 Å². The summed E-state index contributed by atoms with van der Waals surface area (Å²) >= 11 is 0. The summed E-state index contributed by atoms with van der Waals surface area (Å²) in [6.45, 7) is 2.93. The highest BCUT2D eigenvalue weighted by Gasteiger charge is 2.51. The second-order valence-electron chi connectivity index (χ2n) is 31.4. The number of amides is 1. The molecule has 14 nitrogen and oxygen atoms in total. The third-order valence-corrected chi connectivity index (χ3v) is 21.9. The number of aliphatic hydroxyl groups is 8. The molecule has 2 rings (SSSR count). The van der Waals surface area contributed by atoms with Gasteiger partial charge in [-0.15, -0.1) is 0 Å². The van der Waals surface area contributed by atoms with Gasteiger partial charge in [0.15, 0.2) is 12.6 Å². The molecule has 14 heteroatoms. The van der Waals surface area contributed by atoms with Crippen molar-refractivity contribution in [3.05, 3.63) is 36.5 Å². The maximum atomic E-state index is 13.4. The van der Waals surface area contributed by atoms with E-state index in [4.69, 9.17) is 18.9 Å². The molecule has 12 atom stereocenters. The van der Waals surface area contributed by atoms with E-state index in [1.54, 1.807) is 0 Å². The zero-order valence-electron chi connectivity index (χ0n) is 66.4. The molecule has 2 heterocycles. The first-order valence-corrected chi connectivity index (χ1v) is 44.2. The molecule has 102 heavy (non-hydrogen) atoms. The average Bonchev–Trinajstić information content (AvgIpc) is 0.790. The predicted molar refractivity (Wildman–Crippen MR) is 425 cm³/mol. The van der Waals surface area contributed by atoms with Gasteiger partial charge in [-0.25, -0.2) is 0 Å². The molecule has 0 aromatic rings. The number of hydrogen-bond acceptors (Lipinski definition) is 13. The summed E-state index contributed by atoms with van der Waals surface area (Å²) in [5.41, 5.74) is 0. The van der Waals surface area contributed by atoms with Gasteiger partial charge in [0.2, 0.25) is 5.91 Å². The van der Waals surface area contributed by atoms with E-state index in [0.29, 0.717) is 12.8 Å². The number of rotatable bonds is 76. The van der Waals surface area contributed by atoms with Crippen molar-refractivity contribution in [1.29, 1.82) is 0 Å². The van der Waals surface area contributed by atoms with E-state index < -0.39 is 86.8 Å². The van der Waals surface area contributed by atoms with Gasteiger partial charge in [-0.05, 0) is 51.4 Å². The lowest BCUT2D eigenvalue weighted by Gasteiger charge is -2.46. The Labute approximate surface area is 627 Å². The third kappa shape index (κ3) is 53.9. The van der Waals surface area contributed by atoms with Crippen LogP contribution in [-0.4, -0.2) is 140 Å². The molecule has 12 unspecified atom stereocenters. The van der Waals surface area contributed by atoms with E-state index in [1.165, 1.54) is 334 Å². The molecule has 0 aliphatic carbocycles. The molecule has 0 aromatic heterocycles. The molecular weight excluding hydrogens is 1280 g/mol. The minimum atomic E-state index is -1.78. The normalized spacial score (nSPS) is 21.7. The number of allylic oxidation sites excluding steroid dienone is 6. The van der Waals surface area contributed by atoms with Crippen LogP contribution in [0.1, 0.15) is 425 Å². The zero-order valence-corrected chi connectivity index (χ0v) is 66.4. The van der Waals surface area contributed by atoms with E-state index in [2.05, 4.69) is 55.6 Å². The van der Waals surface area contributed by atoms with Crippen LogP contribution in [0.25, 0.3) is 0 Å². The van der Waals surface area contributed by atoms with E-state index in [0.717, 1.165) is 64.2 Å². The highest BCUT2D eigenvalue weighted by molar-refractivity contribution is 5.76. The standard InChI is InChI=1S/C88H167NO13/c1-3-5-7-9-11-13-15-17-19-21-23-25-27-29-31-33-34-35-36-37-38-39-40-41-42-44-46-48-50-52-54-56-58-60-62-64-66-68-70-72-80(93)89-76(75-99-87-85(98)83(96)86(79(74-91)101-87)102-88-84(97)82(95)81(94)78(73-90)100-88)77(92)71-69-67-65-63-61-59-57-55-53-51-49-47-45-43-32-30-28-26-24-22-20-18-16-14-12-10-8-6-4-2/h15,17,21,23,27,29,76-79,81-88,90-92,94-98H,3-14,16,18-20,22,24-26,28,30-75H2,1-2H3,(H,89,93)/b17-15-,23-21-,29-27-. The summed E-state index contributed by atoms with van der Waals surface area (Å²) in [4.78, 5) is 13.4. The molecule has 0 bridgehead atoms. The fourth-order valence-electron chi connectivity index (χ4n) is 14.9. The lowest BCUT2D eigenvalue weighted by atomic mass is 9.97. The highest BCUT2D eigenvalue weighted by atomic mass is 16.7. The molecule has 2 aliphatic heterocycles. The fourth-order valence-corrected chi connectivity index (χ4v) is 14.9. The van der Waals surface area contributed by atoms with E-state index >= 15 is 0 Å². The Kier molecular flexibility index (Phi) is 68.1. The number of carbonyl (C=O) groups is 1. The van der Waals surface area contributed by atoms with Gasteiger partial charge in [-0.2, -0.15) is 0 Å². The molecule has 0 saturated carbocycles. The third-order valence-electron chi connectivity index (χ3n) is 21.9. The number of carbonyl (C=O) groups excluding carboxylic acids is 1. The van der Waals surface area contributed by atoms with Gasteiger partial charge in [-0.3, -0.25) is 4.79 Å².